The first-order valence-corrected chi connectivity index (χ1v) is 7.97. The van der Waals surface area contributed by atoms with Gasteiger partial charge in [-0.2, -0.15) is 0 Å². The number of rotatable bonds is 4. The Balaban J connectivity index is 1.69. The van der Waals surface area contributed by atoms with Crippen LogP contribution in [0.15, 0.2) is 24.5 Å². The Hall–Kier alpha value is -1.99. The highest BCUT2D eigenvalue weighted by atomic mass is 35.5. The highest BCUT2D eigenvalue weighted by molar-refractivity contribution is 7.15. The fraction of sp³-hybridized carbons (Fsp3) is 0.286. The number of carbonyl (C=O) groups excluding carboxylic acids is 1. The number of amides is 1. The average Bonchev–Trinajstić information content (AvgIpc) is 3.04. The SMILES string of the molecule is CC(C)c1nnc(NC(=O)Cc2cn3cc(Cl)ccc3n2)s1. The minimum absolute atomic E-state index is 0.166. The van der Waals surface area contributed by atoms with Gasteiger partial charge in [0.2, 0.25) is 11.0 Å². The van der Waals surface area contributed by atoms with Gasteiger partial charge < -0.3 is 9.72 Å². The second kappa shape index (κ2) is 6.02. The lowest BCUT2D eigenvalue weighted by Crippen LogP contribution is -2.14. The summed E-state index contributed by atoms with van der Waals surface area (Å²) in [5.74, 6) is 0.132. The Kier molecular flexibility index (Phi) is 4.08. The van der Waals surface area contributed by atoms with Gasteiger partial charge in [0, 0.05) is 18.3 Å². The molecule has 6 nitrogen and oxygen atoms in total. The zero-order valence-electron chi connectivity index (χ0n) is 12.1. The number of imidazole rings is 1. The third kappa shape index (κ3) is 3.26. The summed E-state index contributed by atoms with van der Waals surface area (Å²) in [6, 6.07) is 3.58. The number of nitrogens with zero attached hydrogens (tertiary/aromatic N) is 4. The van der Waals surface area contributed by atoms with Crippen molar-refractivity contribution in [3.05, 3.63) is 40.3 Å². The number of aromatic nitrogens is 4. The van der Waals surface area contributed by atoms with Crippen molar-refractivity contribution in [2.24, 2.45) is 0 Å². The van der Waals surface area contributed by atoms with E-state index in [0.29, 0.717) is 21.8 Å². The molecule has 22 heavy (non-hydrogen) atoms. The highest BCUT2D eigenvalue weighted by Gasteiger charge is 2.12. The van der Waals surface area contributed by atoms with E-state index in [1.54, 1.807) is 22.9 Å². The molecule has 114 valence electrons. The molecule has 3 aromatic heterocycles. The van der Waals surface area contributed by atoms with Crippen LogP contribution in [-0.4, -0.2) is 25.5 Å². The molecule has 0 saturated carbocycles. The van der Waals surface area contributed by atoms with Crippen LogP contribution in [0.1, 0.15) is 30.5 Å². The maximum absolute atomic E-state index is 12.1. The average molecular weight is 336 g/mol. The molecule has 0 unspecified atom stereocenters. The molecule has 0 fully saturated rings. The Morgan fingerprint density at radius 1 is 1.36 bits per heavy atom. The minimum atomic E-state index is -0.166. The van der Waals surface area contributed by atoms with Crippen molar-refractivity contribution in [1.29, 1.82) is 0 Å². The fourth-order valence-electron chi connectivity index (χ4n) is 1.95. The summed E-state index contributed by atoms with van der Waals surface area (Å²) in [6.45, 7) is 4.07. The number of hydrogen-bond donors (Lipinski definition) is 1. The Labute approximate surface area is 136 Å². The third-order valence-electron chi connectivity index (χ3n) is 2.99. The predicted octanol–water partition coefficient (Wildman–Crippen LogP) is 3.14. The molecular formula is C14H14ClN5OS. The van der Waals surface area contributed by atoms with E-state index in [2.05, 4.69) is 20.5 Å². The van der Waals surface area contributed by atoms with Crippen molar-refractivity contribution < 1.29 is 4.79 Å². The van der Waals surface area contributed by atoms with Crippen molar-refractivity contribution in [3.8, 4) is 0 Å². The maximum Gasteiger partial charge on any atom is 0.232 e. The van der Waals surface area contributed by atoms with Gasteiger partial charge in [0.25, 0.3) is 0 Å². The minimum Gasteiger partial charge on any atom is -0.305 e. The molecule has 0 aliphatic heterocycles. The van der Waals surface area contributed by atoms with Crippen LogP contribution < -0.4 is 5.32 Å². The number of nitrogens with one attached hydrogen (secondary N) is 1. The van der Waals surface area contributed by atoms with E-state index in [-0.39, 0.29) is 12.3 Å². The first-order valence-electron chi connectivity index (χ1n) is 6.77. The normalized spacial score (nSPS) is 11.3. The fourth-order valence-corrected chi connectivity index (χ4v) is 2.88. The Morgan fingerprint density at radius 2 is 2.18 bits per heavy atom. The Bertz CT molecular complexity index is 826. The van der Waals surface area contributed by atoms with Crippen molar-refractivity contribution >= 4 is 39.6 Å². The number of pyridine rings is 1. The number of halogens is 1. The van der Waals surface area contributed by atoms with Crippen LogP contribution >= 0.6 is 22.9 Å². The lowest BCUT2D eigenvalue weighted by Gasteiger charge is -1.98. The molecule has 0 aromatic carbocycles. The maximum atomic E-state index is 12.1. The third-order valence-corrected chi connectivity index (χ3v) is 4.35. The number of hydrogen-bond acceptors (Lipinski definition) is 5. The molecule has 3 rings (SSSR count). The van der Waals surface area contributed by atoms with Crippen LogP contribution in [0, 0.1) is 0 Å². The van der Waals surface area contributed by atoms with Crippen LogP contribution in [0.5, 0.6) is 0 Å². The summed E-state index contributed by atoms with van der Waals surface area (Å²) in [7, 11) is 0. The summed E-state index contributed by atoms with van der Waals surface area (Å²) < 4.78 is 1.80. The number of carbonyl (C=O) groups is 1. The van der Waals surface area contributed by atoms with Crippen molar-refractivity contribution in [2.75, 3.05) is 5.32 Å². The van der Waals surface area contributed by atoms with Crippen LogP contribution in [0.3, 0.4) is 0 Å². The van der Waals surface area contributed by atoms with E-state index in [9.17, 15) is 4.79 Å². The van der Waals surface area contributed by atoms with Gasteiger partial charge in [0.15, 0.2) is 0 Å². The zero-order valence-corrected chi connectivity index (χ0v) is 13.6. The van der Waals surface area contributed by atoms with Gasteiger partial charge in [-0.25, -0.2) is 4.98 Å². The van der Waals surface area contributed by atoms with Crippen LogP contribution in [-0.2, 0) is 11.2 Å². The number of anilines is 1. The summed E-state index contributed by atoms with van der Waals surface area (Å²) in [5, 5.41) is 12.8. The molecule has 0 spiro atoms. The van der Waals surface area contributed by atoms with Gasteiger partial charge in [-0.15, -0.1) is 10.2 Å². The highest BCUT2D eigenvalue weighted by Crippen LogP contribution is 2.22. The Morgan fingerprint density at radius 3 is 2.91 bits per heavy atom. The predicted molar refractivity (Wildman–Crippen MR) is 86.5 cm³/mol. The van der Waals surface area contributed by atoms with Crippen LogP contribution in [0.2, 0.25) is 5.02 Å². The standard InChI is InChI=1S/C14H14ClN5OS/c1-8(2)13-18-19-14(22-13)17-12(21)5-10-7-20-6-9(15)3-4-11(20)16-10/h3-4,6-8H,5H2,1-2H3,(H,17,19,21). The molecular weight excluding hydrogens is 322 g/mol. The summed E-state index contributed by atoms with van der Waals surface area (Å²) in [6.07, 6.45) is 3.72. The van der Waals surface area contributed by atoms with Crippen LogP contribution in [0.4, 0.5) is 5.13 Å². The molecule has 0 atom stereocenters. The van der Waals surface area contributed by atoms with Crippen molar-refractivity contribution in [3.63, 3.8) is 0 Å². The van der Waals surface area contributed by atoms with Gasteiger partial charge in [0.1, 0.15) is 10.7 Å². The first-order chi connectivity index (χ1) is 10.5. The van der Waals surface area contributed by atoms with E-state index in [1.165, 1.54) is 11.3 Å². The molecule has 1 N–H and O–H groups in total. The zero-order chi connectivity index (χ0) is 15.7. The summed E-state index contributed by atoms with van der Waals surface area (Å²) in [5.41, 5.74) is 1.43. The van der Waals surface area contributed by atoms with E-state index < -0.39 is 0 Å². The lowest BCUT2D eigenvalue weighted by molar-refractivity contribution is -0.115. The second-order valence-electron chi connectivity index (χ2n) is 5.17. The molecule has 0 saturated heterocycles. The summed E-state index contributed by atoms with van der Waals surface area (Å²) >= 11 is 7.32. The van der Waals surface area contributed by atoms with Gasteiger partial charge in [0.05, 0.1) is 17.1 Å². The van der Waals surface area contributed by atoms with Gasteiger partial charge in [-0.3, -0.25) is 4.79 Å². The molecule has 0 aliphatic carbocycles. The van der Waals surface area contributed by atoms with Crippen molar-refractivity contribution in [2.45, 2.75) is 26.2 Å². The van der Waals surface area contributed by atoms with Gasteiger partial charge in [-0.1, -0.05) is 36.8 Å². The van der Waals surface area contributed by atoms with Gasteiger partial charge >= 0.3 is 0 Å². The lowest BCUT2D eigenvalue weighted by atomic mass is 10.2. The monoisotopic (exact) mass is 335 g/mol. The molecule has 3 heterocycles. The molecule has 0 bridgehead atoms. The number of fused-ring (bicyclic) bond motifs is 1. The summed E-state index contributed by atoms with van der Waals surface area (Å²) in [4.78, 5) is 16.4. The van der Waals surface area contributed by atoms with Crippen LogP contribution in [0.25, 0.3) is 5.65 Å². The quantitative estimate of drug-likeness (QED) is 0.795. The van der Waals surface area contributed by atoms with E-state index in [0.717, 1.165) is 10.7 Å². The van der Waals surface area contributed by atoms with E-state index >= 15 is 0 Å². The van der Waals surface area contributed by atoms with E-state index in [1.807, 2.05) is 19.9 Å². The smallest absolute Gasteiger partial charge is 0.232 e. The second-order valence-corrected chi connectivity index (χ2v) is 6.62. The molecule has 1 amide bonds. The first kappa shape index (κ1) is 14.9. The molecule has 3 aromatic rings. The largest absolute Gasteiger partial charge is 0.305 e. The van der Waals surface area contributed by atoms with Gasteiger partial charge in [-0.05, 0) is 12.1 Å². The molecule has 0 aliphatic rings. The van der Waals surface area contributed by atoms with E-state index in [4.69, 9.17) is 11.6 Å². The molecule has 8 heteroatoms. The molecule has 0 radical (unpaired) electrons. The van der Waals surface area contributed by atoms with Crippen molar-refractivity contribution in [1.82, 2.24) is 19.6 Å². The topological polar surface area (TPSA) is 72.2 Å².